The van der Waals surface area contributed by atoms with Crippen LogP contribution in [0, 0.1) is 6.92 Å². The van der Waals surface area contributed by atoms with Crippen molar-refractivity contribution in [2.45, 2.75) is 11.8 Å². The first kappa shape index (κ1) is 14.7. The topological polar surface area (TPSA) is 73.7 Å². The third kappa shape index (κ3) is 2.29. The Morgan fingerprint density at radius 2 is 2.14 bits per heavy atom. The molecule has 3 rings (SSSR count). The van der Waals surface area contributed by atoms with Crippen LogP contribution in [0.25, 0.3) is 0 Å². The molecule has 1 aliphatic heterocycles. The van der Waals surface area contributed by atoms with Crippen molar-refractivity contribution >= 4 is 15.7 Å². The maximum Gasteiger partial charge on any atom is 0.267 e. The van der Waals surface area contributed by atoms with E-state index in [1.165, 1.54) is 22.3 Å². The lowest BCUT2D eigenvalue weighted by Crippen LogP contribution is -2.38. The number of anilines is 1. The van der Waals surface area contributed by atoms with Crippen LogP contribution in [0.5, 0.6) is 11.5 Å². The molecule has 0 bridgehead atoms. The van der Waals surface area contributed by atoms with E-state index >= 15 is 0 Å². The Kier molecular flexibility index (Phi) is 3.48. The normalized spacial score (nSPS) is 14.4. The first-order valence-corrected chi connectivity index (χ1v) is 8.21. The summed E-state index contributed by atoms with van der Waals surface area (Å²) in [5, 5.41) is 4.12. The fourth-order valence-electron chi connectivity index (χ4n) is 2.50. The van der Waals surface area contributed by atoms with E-state index in [9.17, 15) is 8.42 Å². The lowest BCUT2D eigenvalue weighted by molar-refractivity contribution is 0.314. The summed E-state index contributed by atoms with van der Waals surface area (Å²) in [7, 11) is -0.462. The summed E-state index contributed by atoms with van der Waals surface area (Å²) < 4.78 is 39.5. The molecule has 1 aromatic heterocycles. The highest BCUT2D eigenvalue weighted by atomic mass is 32.2. The molecule has 22 heavy (non-hydrogen) atoms. The highest BCUT2D eigenvalue weighted by molar-refractivity contribution is 7.92. The summed E-state index contributed by atoms with van der Waals surface area (Å²) in [6, 6.07) is 5.12. The third-order valence-electron chi connectivity index (χ3n) is 3.52. The molecule has 0 aliphatic carbocycles. The maximum atomic E-state index is 13.0. The average Bonchev–Trinajstić information content (AvgIpc) is 2.85. The van der Waals surface area contributed by atoms with Gasteiger partial charge >= 0.3 is 0 Å². The minimum Gasteiger partial charge on any atom is -0.497 e. The van der Waals surface area contributed by atoms with E-state index in [2.05, 4.69) is 5.10 Å². The fraction of sp³-hybridized carbons (Fsp3) is 0.357. The molecule has 0 saturated carbocycles. The molecule has 1 aliphatic rings. The van der Waals surface area contributed by atoms with Gasteiger partial charge in [0.25, 0.3) is 10.0 Å². The molecule has 0 amide bonds. The van der Waals surface area contributed by atoms with Crippen molar-refractivity contribution in [2.24, 2.45) is 7.05 Å². The smallest absolute Gasteiger partial charge is 0.267 e. The second-order valence-corrected chi connectivity index (χ2v) is 6.84. The molecular formula is C14H17N3O4S. The van der Waals surface area contributed by atoms with Gasteiger partial charge in [-0.25, -0.2) is 8.42 Å². The van der Waals surface area contributed by atoms with Crippen LogP contribution in [0.1, 0.15) is 5.69 Å². The van der Waals surface area contributed by atoms with E-state index in [1.54, 1.807) is 32.2 Å². The molecular weight excluding hydrogens is 306 g/mol. The minimum atomic E-state index is -3.70. The number of aromatic nitrogens is 2. The standard InChI is InChI=1S/C14H17N3O4S/c1-10-14(9-16(2)15-10)22(18,19)17-6-7-21-13-5-4-11(20-3)8-12(13)17/h4-5,8-9H,6-7H2,1-3H3. The van der Waals surface area contributed by atoms with Crippen LogP contribution in [-0.2, 0) is 17.1 Å². The van der Waals surface area contributed by atoms with Crippen molar-refractivity contribution in [3.8, 4) is 11.5 Å². The number of benzene rings is 1. The second kappa shape index (κ2) is 5.20. The lowest BCUT2D eigenvalue weighted by atomic mass is 10.2. The maximum absolute atomic E-state index is 13.0. The van der Waals surface area contributed by atoms with Crippen LogP contribution in [0.15, 0.2) is 29.3 Å². The molecule has 0 radical (unpaired) electrons. The summed E-state index contributed by atoms with van der Waals surface area (Å²) in [5.41, 5.74) is 0.951. The van der Waals surface area contributed by atoms with Gasteiger partial charge in [0.2, 0.25) is 0 Å². The predicted molar refractivity (Wildman–Crippen MR) is 81.0 cm³/mol. The van der Waals surface area contributed by atoms with E-state index in [4.69, 9.17) is 9.47 Å². The lowest BCUT2D eigenvalue weighted by Gasteiger charge is -2.30. The van der Waals surface area contributed by atoms with Crippen molar-refractivity contribution in [1.82, 2.24) is 9.78 Å². The van der Waals surface area contributed by atoms with E-state index in [0.29, 0.717) is 29.5 Å². The Hall–Kier alpha value is -2.22. The molecule has 8 heteroatoms. The van der Waals surface area contributed by atoms with Crippen molar-refractivity contribution in [3.05, 3.63) is 30.1 Å². The first-order valence-electron chi connectivity index (χ1n) is 6.77. The monoisotopic (exact) mass is 323 g/mol. The summed E-state index contributed by atoms with van der Waals surface area (Å²) in [5.74, 6) is 1.10. The Morgan fingerprint density at radius 1 is 1.36 bits per heavy atom. The summed E-state index contributed by atoms with van der Waals surface area (Å²) in [4.78, 5) is 0.200. The van der Waals surface area contributed by atoms with Crippen molar-refractivity contribution in [1.29, 1.82) is 0 Å². The van der Waals surface area contributed by atoms with Gasteiger partial charge < -0.3 is 9.47 Å². The molecule has 0 spiro atoms. The van der Waals surface area contributed by atoms with Crippen LogP contribution < -0.4 is 13.8 Å². The summed E-state index contributed by atoms with van der Waals surface area (Å²) in [6.07, 6.45) is 1.51. The molecule has 2 aromatic rings. The van der Waals surface area contributed by atoms with Gasteiger partial charge in [0, 0.05) is 19.3 Å². The molecule has 0 atom stereocenters. The zero-order valence-electron chi connectivity index (χ0n) is 12.6. The SMILES string of the molecule is COc1ccc2c(c1)N(S(=O)(=O)c1cn(C)nc1C)CCO2. The van der Waals surface area contributed by atoms with E-state index < -0.39 is 10.0 Å². The zero-order valence-corrected chi connectivity index (χ0v) is 13.4. The van der Waals surface area contributed by atoms with Crippen molar-refractivity contribution < 1.29 is 17.9 Å². The Bertz CT molecular complexity index is 813. The van der Waals surface area contributed by atoms with Gasteiger partial charge in [0.05, 0.1) is 25.0 Å². The average molecular weight is 323 g/mol. The number of nitrogens with zero attached hydrogens (tertiary/aromatic N) is 3. The highest BCUT2D eigenvalue weighted by Crippen LogP contribution is 2.38. The van der Waals surface area contributed by atoms with Gasteiger partial charge in [-0.1, -0.05) is 0 Å². The van der Waals surface area contributed by atoms with Crippen LogP contribution in [0.4, 0.5) is 5.69 Å². The van der Waals surface area contributed by atoms with E-state index in [1.807, 2.05) is 0 Å². The minimum absolute atomic E-state index is 0.200. The van der Waals surface area contributed by atoms with Crippen LogP contribution in [0.2, 0.25) is 0 Å². The number of rotatable bonds is 3. The molecule has 2 heterocycles. The zero-order chi connectivity index (χ0) is 15.9. The first-order chi connectivity index (χ1) is 10.4. The van der Waals surface area contributed by atoms with Gasteiger partial charge in [-0.3, -0.25) is 8.99 Å². The van der Waals surface area contributed by atoms with Crippen LogP contribution in [-0.4, -0.2) is 38.5 Å². The second-order valence-electron chi connectivity index (χ2n) is 5.01. The number of ether oxygens (including phenoxy) is 2. The van der Waals surface area contributed by atoms with Gasteiger partial charge in [-0.2, -0.15) is 5.10 Å². The number of methoxy groups -OCH3 is 1. The molecule has 7 nitrogen and oxygen atoms in total. The molecule has 0 saturated heterocycles. The predicted octanol–water partition coefficient (Wildman–Crippen LogP) is 1.32. The Balaban J connectivity index is 2.12. The largest absolute Gasteiger partial charge is 0.497 e. The summed E-state index contributed by atoms with van der Waals surface area (Å²) in [6.45, 7) is 2.23. The number of fused-ring (bicyclic) bond motifs is 1. The number of hydrogen-bond acceptors (Lipinski definition) is 5. The molecule has 0 unspecified atom stereocenters. The molecule has 118 valence electrons. The van der Waals surface area contributed by atoms with Gasteiger partial charge in [-0.15, -0.1) is 0 Å². The highest BCUT2D eigenvalue weighted by Gasteiger charge is 2.32. The molecule has 1 aromatic carbocycles. The third-order valence-corrected chi connectivity index (χ3v) is 5.44. The Morgan fingerprint density at radius 3 is 2.77 bits per heavy atom. The van der Waals surface area contributed by atoms with Gasteiger partial charge in [-0.05, 0) is 19.1 Å². The summed E-state index contributed by atoms with van der Waals surface area (Å²) >= 11 is 0. The van der Waals surface area contributed by atoms with Crippen molar-refractivity contribution in [3.63, 3.8) is 0 Å². The quantitative estimate of drug-likeness (QED) is 0.852. The van der Waals surface area contributed by atoms with E-state index in [-0.39, 0.29) is 11.4 Å². The van der Waals surface area contributed by atoms with Crippen molar-refractivity contribution in [2.75, 3.05) is 24.6 Å². The van der Waals surface area contributed by atoms with E-state index in [0.717, 1.165) is 0 Å². The number of hydrogen-bond donors (Lipinski definition) is 0. The number of aryl methyl sites for hydroxylation is 2. The Labute approximate surface area is 129 Å². The van der Waals surface area contributed by atoms with Gasteiger partial charge in [0.15, 0.2) is 0 Å². The number of sulfonamides is 1. The molecule has 0 fully saturated rings. The fourth-order valence-corrected chi connectivity index (χ4v) is 4.15. The molecule has 0 N–H and O–H groups in total. The van der Waals surface area contributed by atoms with Gasteiger partial charge in [0.1, 0.15) is 23.0 Å². The van der Waals surface area contributed by atoms with Crippen LogP contribution in [0.3, 0.4) is 0 Å². The van der Waals surface area contributed by atoms with Crippen LogP contribution >= 0.6 is 0 Å².